The third-order valence-electron chi connectivity index (χ3n) is 4.12. The Hall–Kier alpha value is -3.58. The van der Waals surface area contributed by atoms with Crippen LogP contribution in [0.4, 0.5) is 5.69 Å². The van der Waals surface area contributed by atoms with Gasteiger partial charge in [-0.05, 0) is 36.4 Å². The lowest BCUT2D eigenvalue weighted by atomic mass is 10.1. The first-order chi connectivity index (χ1) is 13.6. The number of carbonyl (C=O) groups is 2. The fraction of sp³-hybridized carbons (Fsp3) is 0.143. The average Bonchev–Trinajstić information content (AvgIpc) is 3.11. The summed E-state index contributed by atoms with van der Waals surface area (Å²) in [6, 6.07) is 10.7. The molecule has 1 N–H and O–H groups in total. The fourth-order valence-corrected chi connectivity index (χ4v) is 2.79. The van der Waals surface area contributed by atoms with Crippen molar-refractivity contribution in [2.75, 3.05) is 19.1 Å². The molecule has 0 aliphatic carbocycles. The van der Waals surface area contributed by atoms with Gasteiger partial charge < -0.3 is 23.9 Å². The minimum absolute atomic E-state index is 0.0343. The van der Waals surface area contributed by atoms with Gasteiger partial charge in [-0.3, -0.25) is 0 Å². The molecule has 0 bridgehead atoms. The summed E-state index contributed by atoms with van der Waals surface area (Å²) in [5, 5.41) is 9.20. The minimum Gasteiger partial charge on any atom is -0.465 e. The Morgan fingerprint density at radius 1 is 1.07 bits per heavy atom. The zero-order chi connectivity index (χ0) is 20.1. The van der Waals surface area contributed by atoms with E-state index in [1.54, 1.807) is 53.6 Å². The standard InChI is InChI=1S/C21H19NO6/c1-26-20(24)17-8-3-4-11-22(19(17)21(25)27-2)15-7-5-6-14(12-15)18-10-9-16(13-23)28-18/h3-12,23H,13H2,1-2H3. The molecule has 0 saturated carbocycles. The molecule has 0 unspecified atom stereocenters. The number of aliphatic hydroxyl groups excluding tert-OH is 1. The van der Waals surface area contributed by atoms with Crippen LogP contribution in [0.5, 0.6) is 0 Å². The number of rotatable bonds is 5. The first-order valence-electron chi connectivity index (χ1n) is 8.44. The molecule has 7 nitrogen and oxygen atoms in total. The molecule has 3 rings (SSSR count). The van der Waals surface area contributed by atoms with E-state index in [0.717, 1.165) is 5.56 Å². The van der Waals surface area contributed by atoms with Crippen molar-refractivity contribution in [2.45, 2.75) is 6.61 Å². The van der Waals surface area contributed by atoms with Crippen LogP contribution in [0.25, 0.3) is 11.3 Å². The predicted molar refractivity (Wildman–Crippen MR) is 102 cm³/mol. The first-order valence-corrected chi connectivity index (χ1v) is 8.44. The van der Waals surface area contributed by atoms with Gasteiger partial charge in [0.25, 0.3) is 0 Å². The molecule has 1 aliphatic rings. The van der Waals surface area contributed by atoms with Crippen molar-refractivity contribution in [3.8, 4) is 11.3 Å². The zero-order valence-corrected chi connectivity index (χ0v) is 15.4. The Bertz CT molecular complexity index is 982. The van der Waals surface area contributed by atoms with Crippen molar-refractivity contribution >= 4 is 17.6 Å². The molecule has 0 radical (unpaired) electrons. The average molecular weight is 381 g/mol. The van der Waals surface area contributed by atoms with Gasteiger partial charge in [0.05, 0.1) is 19.8 Å². The Labute approximate surface area is 161 Å². The number of methoxy groups -OCH3 is 2. The number of ether oxygens (including phenoxy) is 2. The van der Waals surface area contributed by atoms with Gasteiger partial charge in [0.1, 0.15) is 23.8 Å². The topological polar surface area (TPSA) is 89.2 Å². The van der Waals surface area contributed by atoms with Crippen molar-refractivity contribution in [3.05, 3.63) is 77.9 Å². The van der Waals surface area contributed by atoms with E-state index in [4.69, 9.17) is 13.9 Å². The van der Waals surface area contributed by atoms with Crippen molar-refractivity contribution < 1.29 is 28.6 Å². The SMILES string of the molecule is COC(=O)C1=C(C(=O)OC)N(c2cccc(-c3ccc(CO)o3)c2)C=CC=C1. The molecular formula is C21H19NO6. The van der Waals surface area contributed by atoms with Crippen LogP contribution in [0.15, 0.2) is 76.5 Å². The normalized spacial score (nSPS) is 13.5. The quantitative estimate of drug-likeness (QED) is 0.797. The Balaban J connectivity index is 2.11. The van der Waals surface area contributed by atoms with Crippen molar-refractivity contribution in [3.63, 3.8) is 0 Å². The van der Waals surface area contributed by atoms with E-state index in [-0.39, 0.29) is 17.9 Å². The molecule has 0 spiro atoms. The molecule has 2 aromatic rings. The summed E-state index contributed by atoms with van der Waals surface area (Å²) in [6.45, 7) is -0.196. The van der Waals surface area contributed by atoms with Crippen LogP contribution >= 0.6 is 0 Å². The molecular weight excluding hydrogens is 362 g/mol. The highest BCUT2D eigenvalue weighted by Crippen LogP contribution is 2.31. The number of nitrogens with zero attached hydrogens (tertiary/aromatic N) is 1. The lowest BCUT2D eigenvalue weighted by molar-refractivity contribution is -0.139. The Morgan fingerprint density at radius 3 is 2.54 bits per heavy atom. The number of aliphatic hydroxyl groups is 1. The van der Waals surface area contributed by atoms with E-state index in [2.05, 4.69) is 0 Å². The van der Waals surface area contributed by atoms with Crippen LogP contribution in [-0.2, 0) is 25.7 Å². The van der Waals surface area contributed by atoms with Crippen molar-refractivity contribution in [1.82, 2.24) is 0 Å². The highest BCUT2D eigenvalue weighted by atomic mass is 16.5. The number of carbonyl (C=O) groups excluding carboxylic acids is 2. The molecule has 0 atom stereocenters. The zero-order valence-electron chi connectivity index (χ0n) is 15.4. The van der Waals surface area contributed by atoms with Crippen LogP contribution in [0.3, 0.4) is 0 Å². The molecule has 0 amide bonds. The van der Waals surface area contributed by atoms with Gasteiger partial charge in [-0.1, -0.05) is 18.2 Å². The summed E-state index contributed by atoms with van der Waals surface area (Å²) >= 11 is 0. The number of hydrogen-bond donors (Lipinski definition) is 1. The van der Waals surface area contributed by atoms with Gasteiger partial charge in [-0.2, -0.15) is 0 Å². The van der Waals surface area contributed by atoms with Crippen molar-refractivity contribution in [1.29, 1.82) is 0 Å². The largest absolute Gasteiger partial charge is 0.465 e. The monoisotopic (exact) mass is 381 g/mol. The van der Waals surface area contributed by atoms with Crippen LogP contribution in [-0.4, -0.2) is 31.3 Å². The van der Waals surface area contributed by atoms with Crippen LogP contribution in [0.2, 0.25) is 0 Å². The second-order valence-electron chi connectivity index (χ2n) is 5.79. The second-order valence-corrected chi connectivity index (χ2v) is 5.79. The van der Waals surface area contributed by atoms with E-state index >= 15 is 0 Å². The second kappa shape index (κ2) is 8.41. The van der Waals surface area contributed by atoms with E-state index in [1.807, 2.05) is 6.07 Å². The number of allylic oxidation sites excluding steroid dienone is 2. The molecule has 0 saturated heterocycles. The Kier molecular flexibility index (Phi) is 5.76. The maximum Gasteiger partial charge on any atom is 0.355 e. The lowest BCUT2D eigenvalue weighted by Crippen LogP contribution is -2.26. The molecule has 7 heteroatoms. The van der Waals surface area contributed by atoms with Gasteiger partial charge >= 0.3 is 11.9 Å². The van der Waals surface area contributed by atoms with Crippen LogP contribution in [0.1, 0.15) is 5.76 Å². The van der Waals surface area contributed by atoms with E-state index in [1.165, 1.54) is 20.3 Å². The number of anilines is 1. The van der Waals surface area contributed by atoms with Gasteiger partial charge in [-0.25, -0.2) is 9.59 Å². The molecule has 144 valence electrons. The summed E-state index contributed by atoms with van der Waals surface area (Å²) < 4.78 is 15.3. The highest BCUT2D eigenvalue weighted by Gasteiger charge is 2.27. The predicted octanol–water partition coefficient (Wildman–Crippen LogP) is 2.93. The van der Waals surface area contributed by atoms with Gasteiger partial charge in [0.2, 0.25) is 0 Å². The van der Waals surface area contributed by atoms with Crippen LogP contribution < -0.4 is 4.90 Å². The van der Waals surface area contributed by atoms with Gasteiger partial charge in [-0.15, -0.1) is 0 Å². The summed E-state index contributed by atoms with van der Waals surface area (Å²) in [4.78, 5) is 26.3. The summed E-state index contributed by atoms with van der Waals surface area (Å²) in [7, 11) is 2.49. The maximum atomic E-state index is 12.5. The molecule has 1 aliphatic heterocycles. The smallest absolute Gasteiger partial charge is 0.355 e. The molecule has 1 aromatic carbocycles. The number of benzene rings is 1. The summed E-state index contributed by atoms with van der Waals surface area (Å²) in [5.41, 5.74) is 1.46. The molecule has 1 aromatic heterocycles. The van der Waals surface area contributed by atoms with E-state index < -0.39 is 11.9 Å². The molecule has 28 heavy (non-hydrogen) atoms. The van der Waals surface area contributed by atoms with E-state index in [9.17, 15) is 14.7 Å². The minimum atomic E-state index is -0.678. The summed E-state index contributed by atoms with van der Waals surface area (Å²) in [6.07, 6.45) is 6.49. The molecule has 2 heterocycles. The Morgan fingerprint density at radius 2 is 1.86 bits per heavy atom. The number of furan rings is 1. The number of hydrogen-bond acceptors (Lipinski definition) is 7. The van der Waals surface area contributed by atoms with E-state index in [0.29, 0.717) is 17.2 Å². The van der Waals surface area contributed by atoms with Gasteiger partial charge in [0, 0.05) is 17.5 Å². The maximum absolute atomic E-state index is 12.5. The first kappa shape index (κ1) is 19.2. The van der Waals surface area contributed by atoms with Crippen molar-refractivity contribution in [2.24, 2.45) is 0 Å². The van der Waals surface area contributed by atoms with Gasteiger partial charge in [0.15, 0.2) is 0 Å². The highest BCUT2D eigenvalue weighted by molar-refractivity contribution is 6.05. The fourth-order valence-electron chi connectivity index (χ4n) is 2.79. The third-order valence-corrected chi connectivity index (χ3v) is 4.12. The lowest BCUT2D eigenvalue weighted by Gasteiger charge is -2.23. The summed E-state index contributed by atoms with van der Waals surface area (Å²) in [5.74, 6) is -0.315. The number of esters is 2. The van der Waals surface area contributed by atoms with Crippen LogP contribution in [0, 0.1) is 0 Å². The molecule has 0 fully saturated rings. The third kappa shape index (κ3) is 3.74.